The van der Waals surface area contributed by atoms with Crippen molar-refractivity contribution < 1.29 is 9.53 Å². The molecule has 1 fully saturated rings. The quantitative estimate of drug-likeness (QED) is 0.689. The van der Waals surface area contributed by atoms with Crippen molar-refractivity contribution >= 4 is 22.6 Å². The molecule has 4 rings (SSSR count). The molecule has 3 aromatic rings. The maximum absolute atomic E-state index is 13.0. The number of aromatic nitrogens is 1. The number of pyridine rings is 1. The zero-order valence-corrected chi connectivity index (χ0v) is 16.5. The van der Waals surface area contributed by atoms with Crippen LogP contribution in [0.5, 0.6) is 0 Å². The maximum Gasteiger partial charge on any atom is 0.322 e. The third-order valence-electron chi connectivity index (χ3n) is 5.29. The van der Waals surface area contributed by atoms with Crippen LogP contribution in [0.3, 0.4) is 0 Å². The Hall–Kier alpha value is -3.12. The van der Waals surface area contributed by atoms with Gasteiger partial charge in [0.1, 0.15) is 0 Å². The van der Waals surface area contributed by atoms with E-state index in [0.717, 1.165) is 35.0 Å². The number of aromatic amines is 1. The number of hydrogen-bond acceptors (Lipinski definition) is 3. The van der Waals surface area contributed by atoms with Crippen LogP contribution in [0.1, 0.15) is 24.0 Å². The second kappa shape index (κ2) is 8.49. The minimum absolute atomic E-state index is 0.00157. The summed E-state index contributed by atoms with van der Waals surface area (Å²) >= 11 is 0. The summed E-state index contributed by atoms with van der Waals surface area (Å²) in [6.07, 6.45) is 1.91. The average Bonchev–Trinajstić information content (AvgIpc) is 3.23. The third kappa shape index (κ3) is 4.49. The lowest BCUT2D eigenvalue weighted by atomic mass is 10.1. The fourth-order valence-corrected chi connectivity index (χ4v) is 3.73. The van der Waals surface area contributed by atoms with Crippen molar-refractivity contribution in [1.82, 2.24) is 9.88 Å². The van der Waals surface area contributed by atoms with Crippen molar-refractivity contribution in [2.45, 2.75) is 32.4 Å². The van der Waals surface area contributed by atoms with Gasteiger partial charge in [-0.05, 0) is 48.9 Å². The Balaban J connectivity index is 1.60. The number of nitrogens with zero attached hydrogens (tertiary/aromatic N) is 1. The van der Waals surface area contributed by atoms with Crippen molar-refractivity contribution in [3.63, 3.8) is 0 Å². The van der Waals surface area contributed by atoms with Crippen LogP contribution in [0, 0.1) is 6.92 Å². The van der Waals surface area contributed by atoms with Crippen LogP contribution in [0.2, 0.25) is 0 Å². The molecule has 1 atom stereocenters. The first-order valence-corrected chi connectivity index (χ1v) is 9.94. The van der Waals surface area contributed by atoms with Crippen molar-refractivity contribution in [2.75, 3.05) is 18.5 Å². The molecule has 0 spiro atoms. The molecule has 1 aromatic heterocycles. The van der Waals surface area contributed by atoms with Gasteiger partial charge in [0.25, 0.3) is 5.56 Å². The molecule has 1 aliphatic heterocycles. The Bertz CT molecular complexity index is 1060. The number of carbonyl (C=O) groups excluding carboxylic acids is 1. The number of ether oxygens (including phenoxy) is 1. The number of rotatable bonds is 5. The summed E-state index contributed by atoms with van der Waals surface area (Å²) in [5.74, 6) is 0. The molecule has 0 radical (unpaired) electrons. The summed E-state index contributed by atoms with van der Waals surface area (Å²) in [4.78, 5) is 30.3. The minimum atomic E-state index is -0.240. The van der Waals surface area contributed by atoms with Crippen LogP contribution in [0.15, 0.2) is 59.4 Å². The zero-order valence-electron chi connectivity index (χ0n) is 16.5. The third-order valence-corrected chi connectivity index (χ3v) is 5.29. The first-order chi connectivity index (χ1) is 14.1. The molecule has 0 aliphatic carbocycles. The number of carbonyl (C=O) groups is 1. The zero-order chi connectivity index (χ0) is 20.2. The smallest absolute Gasteiger partial charge is 0.322 e. The molecule has 2 amide bonds. The van der Waals surface area contributed by atoms with Gasteiger partial charge in [-0.15, -0.1) is 0 Å². The molecular formula is C23H25N3O3. The summed E-state index contributed by atoms with van der Waals surface area (Å²) < 4.78 is 5.73. The number of para-hydroxylation sites is 2. The summed E-state index contributed by atoms with van der Waals surface area (Å²) in [6, 6.07) is 16.9. The predicted octanol–water partition coefficient (Wildman–Crippen LogP) is 4.05. The van der Waals surface area contributed by atoms with Gasteiger partial charge in [-0.1, -0.05) is 36.4 Å². The summed E-state index contributed by atoms with van der Waals surface area (Å²) in [5, 5.41) is 3.88. The topological polar surface area (TPSA) is 74.4 Å². The van der Waals surface area contributed by atoms with Crippen LogP contribution in [-0.4, -0.2) is 35.2 Å². The molecule has 29 heavy (non-hydrogen) atoms. The fourth-order valence-electron chi connectivity index (χ4n) is 3.73. The van der Waals surface area contributed by atoms with E-state index in [-0.39, 0.29) is 24.2 Å². The highest BCUT2D eigenvalue weighted by Gasteiger charge is 2.24. The van der Waals surface area contributed by atoms with Crippen molar-refractivity contribution in [3.8, 4) is 0 Å². The van der Waals surface area contributed by atoms with Crippen molar-refractivity contribution in [2.24, 2.45) is 0 Å². The highest BCUT2D eigenvalue weighted by molar-refractivity contribution is 5.89. The molecule has 6 heteroatoms. The first-order valence-electron chi connectivity index (χ1n) is 9.94. The van der Waals surface area contributed by atoms with Gasteiger partial charge in [0, 0.05) is 24.4 Å². The van der Waals surface area contributed by atoms with Crippen LogP contribution < -0.4 is 10.9 Å². The van der Waals surface area contributed by atoms with E-state index < -0.39 is 0 Å². The van der Waals surface area contributed by atoms with Crippen LogP contribution in [-0.2, 0) is 11.3 Å². The largest absolute Gasteiger partial charge is 0.376 e. The van der Waals surface area contributed by atoms with E-state index in [9.17, 15) is 9.59 Å². The van der Waals surface area contributed by atoms with E-state index in [1.165, 1.54) is 0 Å². The molecule has 0 saturated carbocycles. The van der Waals surface area contributed by atoms with Gasteiger partial charge in [-0.2, -0.15) is 0 Å². The molecule has 2 aromatic carbocycles. The summed E-state index contributed by atoms with van der Waals surface area (Å²) in [6.45, 7) is 3.35. The van der Waals surface area contributed by atoms with E-state index in [1.54, 1.807) is 4.90 Å². The van der Waals surface area contributed by atoms with Gasteiger partial charge in [-0.25, -0.2) is 4.79 Å². The first kappa shape index (κ1) is 19.2. The molecule has 150 valence electrons. The molecule has 2 N–H and O–H groups in total. The normalized spacial score (nSPS) is 16.1. The Morgan fingerprint density at radius 2 is 2.03 bits per heavy atom. The summed E-state index contributed by atoms with van der Waals surface area (Å²) in [5.41, 5.74) is 2.96. The second-order valence-corrected chi connectivity index (χ2v) is 7.47. The number of benzene rings is 2. The highest BCUT2D eigenvalue weighted by atomic mass is 16.5. The SMILES string of the molecule is Cc1cccc2cc(CN(CC3CCCO3)C(=O)Nc3ccccc3)c(=O)[nH]c12. The van der Waals surface area contributed by atoms with Gasteiger partial charge in [0.2, 0.25) is 0 Å². The number of H-pyrrole nitrogens is 1. The molecule has 1 unspecified atom stereocenters. The lowest BCUT2D eigenvalue weighted by Crippen LogP contribution is -2.40. The maximum atomic E-state index is 13.0. The number of nitrogens with one attached hydrogen (secondary N) is 2. The highest BCUT2D eigenvalue weighted by Crippen LogP contribution is 2.18. The number of amides is 2. The monoisotopic (exact) mass is 391 g/mol. The Morgan fingerprint density at radius 3 is 2.79 bits per heavy atom. The number of urea groups is 1. The Morgan fingerprint density at radius 1 is 1.21 bits per heavy atom. The van der Waals surface area contributed by atoms with E-state index in [4.69, 9.17) is 4.74 Å². The van der Waals surface area contributed by atoms with E-state index >= 15 is 0 Å². The summed E-state index contributed by atoms with van der Waals surface area (Å²) in [7, 11) is 0. The molecule has 1 aliphatic rings. The van der Waals surface area contributed by atoms with Crippen LogP contribution in [0.25, 0.3) is 10.9 Å². The van der Waals surface area contributed by atoms with Gasteiger partial charge in [-0.3, -0.25) is 4.79 Å². The lowest BCUT2D eigenvalue weighted by molar-refractivity contribution is 0.0818. The number of aryl methyl sites for hydroxylation is 1. The van der Waals surface area contributed by atoms with Gasteiger partial charge < -0.3 is 19.9 Å². The predicted molar refractivity (Wildman–Crippen MR) is 114 cm³/mol. The lowest BCUT2D eigenvalue weighted by Gasteiger charge is -2.25. The molecule has 2 heterocycles. The molecule has 6 nitrogen and oxygen atoms in total. The number of fused-ring (bicyclic) bond motifs is 1. The van der Waals surface area contributed by atoms with Crippen molar-refractivity contribution in [1.29, 1.82) is 0 Å². The van der Waals surface area contributed by atoms with Gasteiger partial charge >= 0.3 is 6.03 Å². The number of hydrogen-bond donors (Lipinski definition) is 2. The average molecular weight is 391 g/mol. The molecular weight excluding hydrogens is 366 g/mol. The van der Waals surface area contributed by atoms with E-state index in [0.29, 0.717) is 18.7 Å². The Kier molecular flexibility index (Phi) is 5.62. The molecule has 0 bridgehead atoms. The van der Waals surface area contributed by atoms with Gasteiger partial charge in [0.15, 0.2) is 0 Å². The van der Waals surface area contributed by atoms with Crippen LogP contribution in [0.4, 0.5) is 10.5 Å². The van der Waals surface area contributed by atoms with E-state index in [1.807, 2.05) is 61.5 Å². The fraction of sp³-hybridized carbons (Fsp3) is 0.304. The number of anilines is 1. The van der Waals surface area contributed by atoms with E-state index in [2.05, 4.69) is 10.3 Å². The minimum Gasteiger partial charge on any atom is -0.376 e. The van der Waals surface area contributed by atoms with Gasteiger partial charge in [0.05, 0.1) is 18.2 Å². The second-order valence-electron chi connectivity index (χ2n) is 7.47. The Labute approximate surface area is 169 Å². The van der Waals surface area contributed by atoms with Crippen molar-refractivity contribution in [3.05, 3.63) is 76.1 Å². The molecule has 1 saturated heterocycles. The standard InChI is InChI=1S/C23H25N3O3/c1-16-7-5-8-17-13-18(22(27)25-21(16)17)14-26(15-20-11-6-12-29-20)23(28)24-19-9-3-2-4-10-19/h2-5,7-10,13,20H,6,11-12,14-15H2,1H3,(H,24,28)(H,25,27). The van der Waals surface area contributed by atoms with Crippen LogP contribution >= 0.6 is 0 Å².